The molecule has 1 atom stereocenters. The smallest absolute Gasteiger partial charge is 0.350 e. The van der Waals surface area contributed by atoms with Crippen LogP contribution in [-0.2, 0) is 4.74 Å². The van der Waals surface area contributed by atoms with Crippen molar-refractivity contribution >= 4 is 39.3 Å². The van der Waals surface area contributed by atoms with Gasteiger partial charge in [0.25, 0.3) is 5.91 Å². The molecule has 1 amide bonds. The van der Waals surface area contributed by atoms with Crippen molar-refractivity contribution in [2.24, 2.45) is 0 Å². The highest BCUT2D eigenvalue weighted by Gasteiger charge is 2.45. The number of methoxy groups -OCH3 is 1. The standard InChI is InChI=1S/C28H25FN2O7S/c1-5-11-37-19-9-7-15(12-20(19)36-6-2)22-21-23(32)17-13-16(29)8-10-18(17)38-24(21)26(33)31(22)28-30-14(3)25(39-28)27(34)35-4/h7-10,12-13,22H,5-6,11H2,1-4H3. The van der Waals surface area contributed by atoms with Crippen molar-refractivity contribution in [3.05, 3.63) is 79.9 Å². The molecule has 5 rings (SSSR count). The van der Waals surface area contributed by atoms with Gasteiger partial charge in [0.05, 0.1) is 43.0 Å². The summed E-state index contributed by atoms with van der Waals surface area (Å²) in [7, 11) is 1.26. The Hall–Kier alpha value is -4.25. The van der Waals surface area contributed by atoms with Gasteiger partial charge in [-0.3, -0.25) is 14.5 Å². The number of halogens is 1. The van der Waals surface area contributed by atoms with E-state index in [4.69, 9.17) is 18.6 Å². The molecular weight excluding hydrogens is 527 g/mol. The molecule has 0 spiro atoms. The molecule has 0 radical (unpaired) electrons. The molecule has 1 aliphatic heterocycles. The predicted molar refractivity (Wildman–Crippen MR) is 143 cm³/mol. The third-order valence-corrected chi connectivity index (χ3v) is 7.38. The zero-order chi connectivity index (χ0) is 27.8. The molecule has 2 aromatic heterocycles. The van der Waals surface area contributed by atoms with E-state index in [0.29, 0.717) is 36.0 Å². The molecule has 0 bridgehead atoms. The first-order valence-corrected chi connectivity index (χ1v) is 13.2. The highest BCUT2D eigenvalue weighted by molar-refractivity contribution is 7.17. The maximum absolute atomic E-state index is 14.1. The van der Waals surface area contributed by atoms with E-state index in [1.54, 1.807) is 25.1 Å². The van der Waals surface area contributed by atoms with E-state index in [1.165, 1.54) is 18.1 Å². The quantitative estimate of drug-likeness (QED) is 0.267. The lowest BCUT2D eigenvalue weighted by Crippen LogP contribution is -2.29. The Morgan fingerprint density at radius 2 is 1.92 bits per heavy atom. The molecule has 0 N–H and O–H groups in total. The van der Waals surface area contributed by atoms with Gasteiger partial charge in [0.1, 0.15) is 16.3 Å². The first-order chi connectivity index (χ1) is 18.8. The lowest BCUT2D eigenvalue weighted by atomic mass is 9.98. The number of carbonyl (C=O) groups is 2. The molecule has 39 heavy (non-hydrogen) atoms. The second-order valence-electron chi connectivity index (χ2n) is 8.78. The number of ether oxygens (including phenoxy) is 3. The summed E-state index contributed by atoms with van der Waals surface area (Å²) in [6.45, 7) is 6.28. The monoisotopic (exact) mass is 552 g/mol. The van der Waals surface area contributed by atoms with Gasteiger partial charge in [-0.15, -0.1) is 0 Å². The lowest BCUT2D eigenvalue weighted by molar-refractivity contribution is 0.0605. The van der Waals surface area contributed by atoms with Crippen molar-refractivity contribution in [3.63, 3.8) is 0 Å². The van der Waals surface area contributed by atoms with Gasteiger partial charge in [0.15, 0.2) is 22.1 Å². The van der Waals surface area contributed by atoms with Crippen LogP contribution in [0.4, 0.5) is 9.52 Å². The Balaban J connectivity index is 1.75. The summed E-state index contributed by atoms with van der Waals surface area (Å²) >= 11 is 0.963. The minimum Gasteiger partial charge on any atom is -0.490 e. The number of carbonyl (C=O) groups excluding carboxylic acids is 2. The zero-order valence-corrected chi connectivity index (χ0v) is 22.5. The summed E-state index contributed by atoms with van der Waals surface area (Å²) in [5.74, 6) is -1.05. The number of aromatic nitrogens is 1. The topological polar surface area (TPSA) is 108 Å². The molecule has 9 nitrogen and oxygen atoms in total. The van der Waals surface area contributed by atoms with E-state index in [2.05, 4.69) is 4.98 Å². The van der Waals surface area contributed by atoms with Crippen LogP contribution < -0.4 is 19.8 Å². The molecule has 202 valence electrons. The first-order valence-electron chi connectivity index (χ1n) is 12.3. The predicted octanol–water partition coefficient (Wildman–Crippen LogP) is 5.42. The number of aryl methyl sites for hydroxylation is 1. The molecular formula is C28H25FN2O7S. The van der Waals surface area contributed by atoms with Crippen LogP contribution in [-0.4, -0.2) is 37.2 Å². The van der Waals surface area contributed by atoms with Crippen LogP contribution in [0.1, 0.15) is 63.4 Å². The van der Waals surface area contributed by atoms with Gasteiger partial charge >= 0.3 is 5.97 Å². The SMILES string of the molecule is CCCOc1ccc(C2c3c(oc4ccc(F)cc4c3=O)C(=O)N2c2nc(C)c(C(=O)OC)s2)cc1OCC. The van der Waals surface area contributed by atoms with Crippen LogP contribution >= 0.6 is 11.3 Å². The number of hydrogen-bond acceptors (Lipinski definition) is 9. The van der Waals surface area contributed by atoms with Crippen molar-refractivity contribution in [3.8, 4) is 11.5 Å². The molecule has 1 aliphatic rings. The summed E-state index contributed by atoms with van der Waals surface area (Å²) in [5.41, 5.74) is 0.463. The van der Waals surface area contributed by atoms with Gasteiger partial charge in [0, 0.05) is 0 Å². The summed E-state index contributed by atoms with van der Waals surface area (Å²) in [4.78, 5) is 45.9. The second kappa shape index (κ2) is 10.5. The summed E-state index contributed by atoms with van der Waals surface area (Å²) in [5, 5.41) is 0.181. The molecule has 3 heterocycles. The Kier molecular flexibility index (Phi) is 7.09. The van der Waals surface area contributed by atoms with Gasteiger partial charge in [-0.05, 0) is 56.2 Å². The van der Waals surface area contributed by atoms with E-state index in [1.807, 2.05) is 13.8 Å². The largest absolute Gasteiger partial charge is 0.490 e. The number of nitrogens with zero attached hydrogens (tertiary/aromatic N) is 2. The maximum Gasteiger partial charge on any atom is 0.350 e. The number of amides is 1. The Bertz CT molecular complexity index is 1660. The van der Waals surface area contributed by atoms with Gasteiger partial charge in [-0.2, -0.15) is 0 Å². The molecule has 0 fully saturated rings. The lowest BCUT2D eigenvalue weighted by Gasteiger charge is -2.23. The van der Waals surface area contributed by atoms with E-state index < -0.39 is 29.2 Å². The number of benzene rings is 2. The number of hydrogen-bond donors (Lipinski definition) is 0. The van der Waals surface area contributed by atoms with Crippen molar-refractivity contribution in [2.45, 2.75) is 33.2 Å². The molecule has 2 aromatic carbocycles. The average Bonchev–Trinajstić information content (AvgIpc) is 3.45. The number of rotatable bonds is 8. The van der Waals surface area contributed by atoms with E-state index >= 15 is 0 Å². The van der Waals surface area contributed by atoms with Crippen LogP contribution in [0.5, 0.6) is 11.5 Å². The van der Waals surface area contributed by atoms with E-state index in [-0.39, 0.29) is 32.3 Å². The summed E-state index contributed by atoms with van der Waals surface area (Å²) < 4.78 is 36.5. The third-order valence-electron chi connectivity index (χ3n) is 6.24. The molecule has 4 aromatic rings. The fraction of sp³-hybridized carbons (Fsp3) is 0.286. The highest BCUT2D eigenvalue weighted by atomic mass is 32.1. The second-order valence-corrected chi connectivity index (χ2v) is 9.76. The molecule has 0 saturated heterocycles. The molecule has 0 aliphatic carbocycles. The molecule has 0 saturated carbocycles. The first kappa shape index (κ1) is 26.4. The minimum atomic E-state index is -0.994. The normalized spacial score (nSPS) is 14.5. The fourth-order valence-corrected chi connectivity index (χ4v) is 5.53. The van der Waals surface area contributed by atoms with Crippen molar-refractivity contribution in [1.82, 2.24) is 4.98 Å². The Morgan fingerprint density at radius 3 is 2.64 bits per heavy atom. The van der Waals surface area contributed by atoms with Crippen molar-refractivity contribution in [1.29, 1.82) is 0 Å². The Labute approximate surface area is 226 Å². The number of esters is 1. The van der Waals surface area contributed by atoms with Crippen LogP contribution in [0, 0.1) is 12.7 Å². The summed E-state index contributed by atoms with van der Waals surface area (Å²) in [6.07, 6.45) is 0.794. The zero-order valence-electron chi connectivity index (χ0n) is 21.7. The van der Waals surface area contributed by atoms with Gasteiger partial charge in [-0.1, -0.05) is 24.3 Å². The van der Waals surface area contributed by atoms with Gasteiger partial charge < -0.3 is 18.6 Å². The molecule has 11 heteroatoms. The highest BCUT2D eigenvalue weighted by Crippen LogP contribution is 2.45. The number of anilines is 1. The van der Waals surface area contributed by atoms with Crippen LogP contribution in [0.15, 0.2) is 45.6 Å². The minimum absolute atomic E-state index is 0.00639. The fourth-order valence-electron chi connectivity index (χ4n) is 4.52. The van der Waals surface area contributed by atoms with Crippen molar-refractivity contribution < 1.29 is 32.6 Å². The van der Waals surface area contributed by atoms with Gasteiger partial charge in [-0.25, -0.2) is 14.2 Å². The third kappa shape index (κ3) is 4.52. The number of thiazole rings is 1. The molecule has 1 unspecified atom stereocenters. The average molecular weight is 553 g/mol. The maximum atomic E-state index is 14.1. The number of fused-ring (bicyclic) bond motifs is 2. The van der Waals surface area contributed by atoms with Crippen LogP contribution in [0.25, 0.3) is 11.0 Å². The van der Waals surface area contributed by atoms with Gasteiger partial charge in [0.2, 0.25) is 5.76 Å². The van der Waals surface area contributed by atoms with Crippen LogP contribution in [0.2, 0.25) is 0 Å². The van der Waals surface area contributed by atoms with Crippen molar-refractivity contribution in [2.75, 3.05) is 25.2 Å². The van der Waals surface area contributed by atoms with E-state index in [0.717, 1.165) is 29.9 Å². The van der Waals surface area contributed by atoms with E-state index in [9.17, 15) is 18.8 Å². The van der Waals surface area contributed by atoms with Crippen LogP contribution in [0.3, 0.4) is 0 Å². The Morgan fingerprint density at radius 1 is 1.13 bits per heavy atom. The summed E-state index contributed by atoms with van der Waals surface area (Å²) in [6, 6.07) is 7.70.